The number of ether oxygens (including phenoxy) is 1. The van der Waals surface area contributed by atoms with Gasteiger partial charge in [-0.2, -0.15) is 0 Å². The van der Waals surface area contributed by atoms with E-state index in [-0.39, 0.29) is 6.10 Å². The van der Waals surface area contributed by atoms with Gasteiger partial charge in [0.2, 0.25) is 6.29 Å². The largest absolute Gasteiger partial charge is 0.433 e. The number of esters is 1. The fourth-order valence-electron chi connectivity index (χ4n) is 2.91. The molecule has 0 aromatic carbocycles. The van der Waals surface area contributed by atoms with Gasteiger partial charge in [-0.05, 0) is 19.3 Å². The molecule has 0 aromatic heterocycles. The van der Waals surface area contributed by atoms with E-state index in [1.807, 2.05) is 0 Å². The molecule has 2 atom stereocenters. The van der Waals surface area contributed by atoms with Crippen LogP contribution in [0.3, 0.4) is 0 Å². The van der Waals surface area contributed by atoms with E-state index >= 15 is 0 Å². The molecule has 2 unspecified atom stereocenters. The van der Waals surface area contributed by atoms with Crippen LogP contribution in [0.2, 0.25) is 0 Å². The fraction of sp³-hybridized carbons (Fsp3) is 0.950. The van der Waals surface area contributed by atoms with Gasteiger partial charge < -0.3 is 20.1 Å². The smallest absolute Gasteiger partial charge is 0.308 e. The Morgan fingerprint density at radius 3 is 1.80 bits per heavy atom. The molecule has 0 aliphatic carbocycles. The van der Waals surface area contributed by atoms with Gasteiger partial charge in [0.15, 0.2) is 0 Å². The first-order valence-corrected chi connectivity index (χ1v) is 10.3. The van der Waals surface area contributed by atoms with Crippen LogP contribution in [-0.2, 0) is 9.53 Å². The zero-order chi connectivity index (χ0) is 18.8. The van der Waals surface area contributed by atoms with Crippen molar-refractivity contribution in [1.29, 1.82) is 0 Å². The van der Waals surface area contributed by atoms with Crippen molar-refractivity contribution >= 4 is 5.97 Å². The van der Waals surface area contributed by atoms with Gasteiger partial charge in [-0.3, -0.25) is 4.79 Å². The standard InChI is InChI=1S/C20H40O5/c1-2-3-4-11-14-18(22)15-12-9-7-5-6-8-10-13-16-19(23)25-20(24)17-21/h18,20-22,24H,2-17H2,1H3. The molecule has 0 radical (unpaired) electrons. The van der Waals surface area contributed by atoms with Crippen LogP contribution < -0.4 is 0 Å². The summed E-state index contributed by atoms with van der Waals surface area (Å²) in [5.41, 5.74) is 0. The Morgan fingerprint density at radius 1 is 0.800 bits per heavy atom. The molecule has 0 aliphatic rings. The number of aliphatic hydroxyl groups excluding tert-OH is 3. The topological polar surface area (TPSA) is 87.0 Å². The molecule has 5 heteroatoms. The molecule has 150 valence electrons. The first-order valence-electron chi connectivity index (χ1n) is 10.3. The van der Waals surface area contributed by atoms with Gasteiger partial charge in [-0.25, -0.2) is 0 Å². The number of carbonyl (C=O) groups excluding carboxylic acids is 1. The third-order valence-electron chi connectivity index (χ3n) is 4.48. The van der Waals surface area contributed by atoms with E-state index in [4.69, 9.17) is 10.2 Å². The summed E-state index contributed by atoms with van der Waals surface area (Å²) in [5, 5.41) is 27.4. The number of carbonyl (C=O) groups is 1. The molecule has 0 rings (SSSR count). The lowest BCUT2D eigenvalue weighted by molar-refractivity contribution is -0.173. The molecule has 3 N–H and O–H groups in total. The highest BCUT2D eigenvalue weighted by Gasteiger charge is 2.08. The van der Waals surface area contributed by atoms with E-state index in [9.17, 15) is 9.90 Å². The third kappa shape index (κ3) is 18.0. The second-order valence-electron chi connectivity index (χ2n) is 7.00. The molecule has 5 nitrogen and oxygen atoms in total. The van der Waals surface area contributed by atoms with E-state index in [1.54, 1.807) is 0 Å². The van der Waals surface area contributed by atoms with Gasteiger partial charge >= 0.3 is 5.97 Å². The van der Waals surface area contributed by atoms with Gasteiger partial charge in [0.1, 0.15) is 6.61 Å². The molecular weight excluding hydrogens is 320 g/mol. The second-order valence-corrected chi connectivity index (χ2v) is 7.00. The summed E-state index contributed by atoms with van der Waals surface area (Å²) in [6, 6.07) is 0. The minimum absolute atomic E-state index is 0.110. The molecule has 0 aromatic rings. The number of unbranched alkanes of at least 4 members (excludes halogenated alkanes) is 10. The molecule has 25 heavy (non-hydrogen) atoms. The van der Waals surface area contributed by atoms with Crippen molar-refractivity contribution in [3.63, 3.8) is 0 Å². The summed E-state index contributed by atoms with van der Waals surface area (Å²) in [6.45, 7) is 1.65. The van der Waals surface area contributed by atoms with Gasteiger partial charge in [-0.1, -0.05) is 77.6 Å². The Hall–Kier alpha value is -0.650. The van der Waals surface area contributed by atoms with Gasteiger partial charge in [-0.15, -0.1) is 0 Å². The normalized spacial score (nSPS) is 13.6. The molecule has 0 saturated carbocycles. The predicted molar refractivity (Wildman–Crippen MR) is 100 cm³/mol. The summed E-state index contributed by atoms with van der Waals surface area (Å²) in [5.74, 6) is -0.449. The van der Waals surface area contributed by atoms with Crippen molar-refractivity contribution < 1.29 is 24.9 Å². The first-order chi connectivity index (χ1) is 12.1. The van der Waals surface area contributed by atoms with E-state index < -0.39 is 18.9 Å². The van der Waals surface area contributed by atoms with Crippen LogP contribution in [0.5, 0.6) is 0 Å². The Kier molecular flexibility index (Phi) is 17.7. The summed E-state index contributed by atoms with van der Waals surface area (Å²) in [7, 11) is 0. The van der Waals surface area contributed by atoms with Crippen LogP contribution in [0.1, 0.15) is 103 Å². The summed E-state index contributed by atoms with van der Waals surface area (Å²) in [6.07, 6.45) is 14.4. The van der Waals surface area contributed by atoms with E-state index in [0.717, 1.165) is 44.9 Å². The second kappa shape index (κ2) is 18.2. The van der Waals surface area contributed by atoms with Gasteiger partial charge in [0, 0.05) is 6.42 Å². The van der Waals surface area contributed by atoms with Crippen molar-refractivity contribution in [3.05, 3.63) is 0 Å². The number of aliphatic hydroxyl groups is 3. The first kappa shape index (κ1) is 24.4. The minimum atomic E-state index is -1.39. The maximum Gasteiger partial charge on any atom is 0.308 e. The summed E-state index contributed by atoms with van der Waals surface area (Å²) < 4.78 is 4.57. The Morgan fingerprint density at radius 2 is 1.28 bits per heavy atom. The van der Waals surface area contributed by atoms with Crippen LogP contribution in [0.15, 0.2) is 0 Å². The number of hydrogen-bond donors (Lipinski definition) is 3. The van der Waals surface area contributed by atoms with Crippen molar-refractivity contribution in [2.24, 2.45) is 0 Å². The van der Waals surface area contributed by atoms with E-state index in [1.165, 1.54) is 44.9 Å². The average Bonchev–Trinajstić information content (AvgIpc) is 2.60. The lowest BCUT2D eigenvalue weighted by Gasteiger charge is -2.10. The molecule has 0 aliphatic heterocycles. The van der Waals surface area contributed by atoms with Crippen LogP contribution in [0.25, 0.3) is 0 Å². The molecule has 0 bridgehead atoms. The Labute approximate surface area is 153 Å². The summed E-state index contributed by atoms with van der Waals surface area (Å²) in [4.78, 5) is 11.3. The Bertz CT molecular complexity index is 296. The monoisotopic (exact) mass is 360 g/mol. The van der Waals surface area contributed by atoms with Crippen LogP contribution in [-0.4, -0.2) is 40.3 Å². The van der Waals surface area contributed by atoms with Crippen LogP contribution >= 0.6 is 0 Å². The fourth-order valence-corrected chi connectivity index (χ4v) is 2.91. The highest BCUT2D eigenvalue weighted by Crippen LogP contribution is 2.14. The summed E-state index contributed by atoms with van der Waals surface area (Å²) >= 11 is 0. The SMILES string of the molecule is CCCCCCC(O)CCCCCCCCCCC(=O)OC(O)CO. The molecule has 0 fully saturated rings. The minimum Gasteiger partial charge on any atom is -0.433 e. The molecule has 0 amide bonds. The lowest BCUT2D eigenvalue weighted by Crippen LogP contribution is -2.20. The lowest BCUT2D eigenvalue weighted by atomic mass is 10.0. The maximum absolute atomic E-state index is 11.3. The average molecular weight is 361 g/mol. The number of hydrogen-bond acceptors (Lipinski definition) is 5. The van der Waals surface area contributed by atoms with Gasteiger partial charge in [0.25, 0.3) is 0 Å². The zero-order valence-electron chi connectivity index (χ0n) is 16.1. The van der Waals surface area contributed by atoms with Crippen molar-refractivity contribution in [1.82, 2.24) is 0 Å². The highest BCUT2D eigenvalue weighted by atomic mass is 16.6. The third-order valence-corrected chi connectivity index (χ3v) is 4.48. The quantitative estimate of drug-likeness (QED) is 0.195. The molecular formula is C20H40O5. The molecule has 0 spiro atoms. The number of rotatable bonds is 18. The molecule has 0 heterocycles. The van der Waals surface area contributed by atoms with E-state index in [2.05, 4.69) is 11.7 Å². The van der Waals surface area contributed by atoms with Crippen molar-refractivity contribution in [3.8, 4) is 0 Å². The van der Waals surface area contributed by atoms with E-state index in [0.29, 0.717) is 6.42 Å². The van der Waals surface area contributed by atoms with Gasteiger partial charge in [0.05, 0.1) is 6.10 Å². The zero-order valence-corrected chi connectivity index (χ0v) is 16.1. The van der Waals surface area contributed by atoms with Crippen LogP contribution in [0, 0.1) is 0 Å². The predicted octanol–water partition coefficient (Wildman–Crippen LogP) is 4.07. The molecule has 0 saturated heterocycles. The van der Waals surface area contributed by atoms with Crippen molar-refractivity contribution in [2.45, 2.75) is 116 Å². The van der Waals surface area contributed by atoms with Crippen molar-refractivity contribution in [2.75, 3.05) is 6.61 Å². The Balaban J connectivity index is 3.24. The van der Waals surface area contributed by atoms with Crippen LogP contribution in [0.4, 0.5) is 0 Å². The highest BCUT2D eigenvalue weighted by molar-refractivity contribution is 5.69. The maximum atomic E-state index is 11.3.